The van der Waals surface area contributed by atoms with Crippen LogP contribution in [0.25, 0.3) is 0 Å². The highest BCUT2D eigenvalue weighted by Gasteiger charge is 2.29. The minimum absolute atomic E-state index is 0.00721. The molecule has 1 atom stereocenters. The molecule has 0 spiro atoms. The number of ether oxygens (including phenoxy) is 1. The molecule has 0 aromatic carbocycles. The third-order valence-corrected chi connectivity index (χ3v) is 4.28. The van der Waals surface area contributed by atoms with Crippen molar-refractivity contribution in [3.63, 3.8) is 0 Å². The summed E-state index contributed by atoms with van der Waals surface area (Å²) in [4.78, 5) is 38.5. The molecule has 25 heavy (non-hydrogen) atoms. The number of Topliss-reactive ketones (excluding diaryl/α,β-unsaturated/α-hetero) is 1. The molecular weight excluding hydrogens is 324 g/mol. The van der Waals surface area contributed by atoms with Crippen LogP contribution >= 0.6 is 0 Å². The number of rotatable bonds is 6. The lowest BCUT2D eigenvalue weighted by atomic mass is 10.0. The lowest BCUT2D eigenvalue weighted by Gasteiger charge is -2.29. The molecule has 7 heteroatoms. The molecule has 2 heterocycles. The summed E-state index contributed by atoms with van der Waals surface area (Å²) in [5.74, 6) is -0.426. The monoisotopic (exact) mass is 350 g/mol. The fourth-order valence-corrected chi connectivity index (χ4v) is 3.25. The van der Waals surface area contributed by atoms with Gasteiger partial charge in [-0.05, 0) is 46.1 Å². The van der Waals surface area contributed by atoms with Crippen LogP contribution in [0.1, 0.15) is 60.1 Å². The number of esters is 1. The summed E-state index contributed by atoms with van der Waals surface area (Å²) in [6.07, 6.45) is 2.24. The van der Waals surface area contributed by atoms with Crippen LogP contribution in [-0.2, 0) is 9.53 Å². The van der Waals surface area contributed by atoms with Crippen molar-refractivity contribution >= 4 is 23.5 Å². The van der Waals surface area contributed by atoms with Gasteiger partial charge in [0.05, 0.1) is 18.7 Å². The van der Waals surface area contributed by atoms with E-state index < -0.39 is 5.97 Å². The van der Waals surface area contributed by atoms with Crippen molar-refractivity contribution in [2.24, 2.45) is 5.92 Å². The Bertz CT molecular complexity index is 665. The average molecular weight is 350 g/mol. The van der Waals surface area contributed by atoms with Crippen LogP contribution in [0.3, 0.4) is 0 Å². The largest absolute Gasteiger partial charge is 0.462 e. The van der Waals surface area contributed by atoms with Gasteiger partial charge >= 0.3 is 5.97 Å². The van der Waals surface area contributed by atoms with E-state index in [4.69, 9.17) is 9.15 Å². The van der Waals surface area contributed by atoms with E-state index in [0.29, 0.717) is 5.92 Å². The zero-order valence-electron chi connectivity index (χ0n) is 15.3. The first-order chi connectivity index (χ1) is 11.8. The Morgan fingerprint density at radius 2 is 2.04 bits per heavy atom. The second-order valence-corrected chi connectivity index (χ2v) is 6.54. The maximum absolute atomic E-state index is 12.4. The maximum Gasteiger partial charge on any atom is 0.344 e. The Kier molecular flexibility index (Phi) is 6.36. The van der Waals surface area contributed by atoms with Crippen molar-refractivity contribution in [3.8, 4) is 0 Å². The van der Waals surface area contributed by atoms with Gasteiger partial charge in [-0.3, -0.25) is 19.8 Å². The Balaban J connectivity index is 2.17. The van der Waals surface area contributed by atoms with Gasteiger partial charge in [-0.2, -0.15) is 0 Å². The standard InChI is InChI=1S/C18H26N2O5/c1-5-24-18(23)16-15(12(3)21)13(4)25-17(16)19-14(22)10-20-8-6-7-11(2)9-20/h11H,5-10H2,1-4H3,(H,19,22)/t11-/m1/s1. The van der Waals surface area contributed by atoms with E-state index in [-0.39, 0.29) is 47.6 Å². The number of nitrogens with zero attached hydrogens (tertiary/aromatic N) is 1. The first-order valence-electron chi connectivity index (χ1n) is 8.67. The molecule has 1 aromatic heterocycles. The van der Waals surface area contributed by atoms with Gasteiger partial charge in [-0.1, -0.05) is 6.92 Å². The maximum atomic E-state index is 12.4. The number of aryl methyl sites for hydroxylation is 1. The molecular formula is C18H26N2O5. The van der Waals surface area contributed by atoms with Crippen molar-refractivity contribution in [1.82, 2.24) is 4.90 Å². The third kappa shape index (κ3) is 4.69. The van der Waals surface area contributed by atoms with E-state index in [0.717, 1.165) is 19.5 Å². The molecule has 138 valence electrons. The number of carbonyl (C=O) groups is 3. The smallest absolute Gasteiger partial charge is 0.344 e. The van der Waals surface area contributed by atoms with Crippen LogP contribution in [0, 0.1) is 12.8 Å². The number of ketones is 1. The highest BCUT2D eigenvalue weighted by Crippen LogP contribution is 2.28. The summed E-state index contributed by atoms with van der Waals surface area (Å²) in [6.45, 7) is 8.91. The van der Waals surface area contributed by atoms with E-state index >= 15 is 0 Å². The lowest BCUT2D eigenvalue weighted by molar-refractivity contribution is -0.117. The van der Waals surface area contributed by atoms with E-state index in [1.54, 1.807) is 13.8 Å². The number of hydrogen-bond acceptors (Lipinski definition) is 6. The molecule has 1 N–H and O–H groups in total. The first-order valence-corrected chi connectivity index (χ1v) is 8.67. The highest BCUT2D eigenvalue weighted by atomic mass is 16.5. The topological polar surface area (TPSA) is 88.8 Å². The van der Waals surface area contributed by atoms with E-state index in [1.807, 2.05) is 0 Å². The fraction of sp³-hybridized carbons (Fsp3) is 0.611. The van der Waals surface area contributed by atoms with Gasteiger partial charge in [0.2, 0.25) is 11.8 Å². The normalized spacial score (nSPS) is 18.0. The summed E-state index contributed by atoms with van der Waals surface area (Å²) < 4.78 is 10.5. The molecule has 1 saturated heterocycles. The molecule has 0 aliphatic carbocycles. The number of piperidine rings is 1. The number of likely N-dealkylation sites (tertiary alicyclic amines) is 1. The van der Waals surface area contributed by atoms with Crippen molar-refractivity contribution in [3.05, 3.63) is 16.9 Å². The summed E-state index contributed by atoms with van der Waals surface area (Å²) in [5, 5.41) is 2.63. The van der Waals surface area contributed by atoms with Crippen LogP contribution in [0.15, 0.2) is 4.42 Å². The minimum Gasteiger partial charge on any atom is -0.462 e. The Morgan fingerprint density at radius 1 is 1.32 bits per heavy atom. The predicted octanol–water partition coefficient (Wildman–Crippen LogP) is 2.64. The van der Waals surface area contributed by atoms with Crippen LogP contribution < -0.4 is 5.32 Å². The number of anilines is 1. The van der Waals surface area contributed by atoms with Crippen molar-refractivity contribution in [1.29, 1.82) is 0 Å². The molecule has 1 fully saturated rings. The van der Waals surface area contributed by atoms with Crippen LogP contribution in [0.2, 0.25) is 0 Å². The average Bonchev–Trinajstić information content (AvgIpc) is 2.83. The first kappa shape index (κ1) is 19.2. The summed E-state index contributed by atoms with van der Waals surface area (Å²) in [5.41, 5.74) is 0.146. The Hall–Kier alpha value is -2.15. The molecule has 1 aromatic rings. The minimum atomic E-state index is -0.675. The van der Waals surface area contributed by atoms with E-state index in [9.17, 15) is 14.4 Å². The molecule has 1 aliphatic rings. The van der Waals surface area contributed by atoms with Gasteiger partial charge in [0.1, 0.15) is 11.3 Å². The number of furan rings is 1. The van der Waals surface area contributed by atoms with Gasteiger partial charge in [0, 0.05) is 6.54 Å². The second kappa shape index (κ2) is 8.29. The number of carbonyl (C=O) groups excluding carboxylic acids is 3. The Labute approximate surface area is 147 Å². The Morgan fingerprint density at radius 3 is 2.64 bits per heavy atom. The summed E-state index contributed by atoms with van der Waals surface area (Å²) in [6, 6.07) is 0. The van der Waals surface area contributed by atoms with Crippen LogP contribution in [0.4, 0.5) is 5.88 Å². The third-order valence-electron chi connectivity index (χ3n) is 4.28. The highest BCUT2D eigenvalue weighted by molar-refractivity contribution is 6.10. The second-order valence-electron chi connectivity index (χ2n) is 6.54. The van der Waals surface area contributed by atoms with Gasteiger partial charge in [-0.15, -0.1) is 0 Å². The van der Waals surface area contributed by atoms with Gasteiger partial charge in [0.15, 0.2) is 5.78 Å². The molecule has 1 aliphatic heterocycles. The fourth-order valence-electron chi connectivity index (χ4n) is 3.25. The molecule has 7 nitrogen and oxygen atoms in total. The number of amides is 1. The van der Waals surface area contributed by atoms with Crippen molar-refractivity contribution in [2.45, 2.75) is 40.5 Å². The molecule has 1 amide bonds. The van der Waals surface area contributed by atoms with Crippen molar-refractivity contribution in [2.75, 3.05) is 31.6 Å². The van der Waals surface area contributed by atoms with E-state index in [2.05, 4.69) is 17.1 Å². The van der Waals surface area contributed by atoms with Gasteiger partial charge in [0.25, 0.3) is 0 Å². The SMILES string of the molecule is CCOC(=O)c1c(NC(=O)CN2CCC[C@@H](C)C2)oc(C)c1C(C)=O. The molecule has 0 saturated carbocycles. The molecule has 2 rings (SSSR count). The molecule has 0 unspecified atom stereocenters. The molecule has 0 radical (unpaired) electrons. The summed E-state index contributed by atoms with van der Waals surface area (Å²) >= 11 is 0. The van der Waals surface area contributed by atoms with Crippen molar-refractivity contribution < 1.29 is 23.5 Å². The van der Waals surface area contributed by atoms with Crippen LogP contribution in [-0.4, -0.2) is 48.8 Å². The van der Waals surface area contributed by atoms with Gasteiger partial charge < -0.3 is 9.15 Å². The van der Waals surface area contributed by atoms with E-state index in [1.165, 1.54) is 13.3 Å². The lowest BCUT2D eigenvalue weighted by Crippen LogP contribution is -2.39. The zero-order chi connectivity index (χ0) is 18.6. The number of nitrogens with one attached hydrogen (secondary N) is 1. The predicted molar refractivity (Wildman–Crippen MR) is 92.9 cm³/mol. The summed E-state index contributed by atoms with van der Waals surface area (Å²) in [7, 11) is 0. The quantitative estimate of drug-likeness (QED) is 0.627. The number of hydrogen-bond donors (Lipinski definition) is 1. The molecule has 0 bridgehead atoms. The van der Waals surface area contributed by atoms with Crippen LogP contribution in [0.5, 0.6) is 0 Å². The zero-order valence-corrected chi connectivity index (χ0v) is 15.3. The van der Waals surface area contributed by atoms with Gasteiger partial charge in [-0.25, -0.2) is 4.79 Å².